The molecule has 2 rings (SSSR count). The molecule has 5 nitrogen and oxygen atoms in total. The second-order valence-corrected chi connectivity index (χ2v) is 4.30. The highest BCUT2D eigenvalue weighted by atomic mass is 19.1. The number of aliphatic hydroxyl groups is 1. The molecule has 0 radical (unpaired) electrons. The van der Waals surface area contributed by atoms with E-state index in [4.69, 9.17) is 4.42 Å². The third-order valence-corrected chi connectivity index (χ3v) is 2.63. The van der Waals surface area contributed by atoms with Gasteiger partial charge < -0.3 is 14.8 Å². The Hall–Kier alpha value is -2.21. The Labute approximate surface area is 109 Å². The first-order chi connectivity index (χ1) is 8.99. The van der Waals surface area contributed by atoms with Gasteiger partial charge in [0.2, 0.25) is 5.95 Å². The van der Waals surface area contributed by atoms with Gasteiger partial charge in [0.05, 0.1) is 12.8 Å². The summed E-state index contributed by atoms with van der Waals surface area (Å²) in [6, 6.07) is 5.67. The maximum absolute atomic E-state index is 12.9. The van der Waals surface area contributed by atoms with E-state index < -0.39 is 17.5 Å². The van der Waals surface area contributed by atoms with Crippen LogP contribution in [0, 0.1) is 5.95 Å². The minimum Gasteiger partial charge on any atom is -0.466 e. The summed E-state index contributed by atoms with van der Waals surface area (Å²) in [7, 11) is 0. The molecular weight excluding hydrogens is 251 g/mol. The second-order valence-electron chi connectivity index (χ2n) is 4.30. The van der Waals surface area contributed by atoms with Crippen LogP contribution < -0.4 is 5.32 Å². The zero-order valence-corrected chi connectivity index (χ0v) is 10.3. The van der Waals surface area contributed by atoms with Crippen LogP contribution in [-0.4, -0.2) is 22.5 Å². The number of rotatable bonds is 4. The third-order valence-electron chi connectivity index (χ3n) is 2.63. The Morgan fingerprint density at radius 2 is 2.37 bits per heavy atom. The van der Waals surface area contributed by atoms with E-state index in [0.29, 0.717) is 5.76 Å². The fourth-order valence-electron chi connectivity index (χ4n) is 1.57. The van der Waals surface area contributed by atoms with E-state index in [1.165, 1.54) is 25.5 Å². The molecule has 0 aliphatic heterocycles. The monoisotopic (exact) mass is 264 g/mol. The third kappa shape index (κ3) is 3.17. The fraction of sp³-hybridized carbons (Fsp3) is 0.231. The van der Waals surface area contributed by atoms with Crippen molar-refractivity contribution < 1.29 is 18.7 Å². The van der Waals surface area contributed by atoms with Crippen LogP contribution in [0.1, 0.15) is 23.0 Å². The maximum atomic E-state index is 12.9. The van der Waals surface area contributed by atoms with Crippen molar-refractivity contribution in [2.75, 3.05) is 6.54 Å². The molecule has 100 valence electrons. The van der Waals surface area contributed by atoms with Gasteiger partial charge in [0, 0.05) is 17.8 Å². The van der Waals surface area contributed by atoms with E-state index in [-0.39, 0.29) is 12.1 Å². The maximum Gasteiger partial charge on any atom is 0.251 e. The number of amides is 1. The number of hydrogen-bond acceptors (Lipinski definition) is 4. The molecule has 1 atom stereocenters. The SMILES string of the molecule is CC(O)(CNC(=O)c1ccnc(F)c1)c1ccco1. The molecule has 2 aromatic rings. The molecular formula is C13H13FN2O3. The van der Waals surface area contributed by atoms with Gasteiger partial charge in [-0.3, -0.25) is 4.79 Å². The molecule has 1 amide bonds. The number of carbonyl (C=O) groups is 1. The van der Waals surface area contributed by atoms with Gasteiger partial charge in [0.25, 0.3) is 5.91 Å². The Balaban J connectivity index is 2.01. The minimum atomic E-state index is -1.33. The zero-order chi connectivity index (χ0) is 13.9. The van der Waals surface area contributed by atoms with E-state index in [0.717, 1.165) is 6.07 Å². The summed E-state index contributed by atoms with van der Waals surface area (Å²) < 4.78 is 18.0. The summed E-state index contributed by atoms with van der Waals surface area (Å²) in [6.45, 7) is 1.46. The van der Waals surface area contributed by atoms with Crippen LogP contribution in [0.15, 0.2) is 41.1 Å². The second kappa shape index (κ2) is 5.19. The quantitative estimate of drug-likeness (QED) is 0.820. The van der Waals surface area contributed by atoms with Crippen molar-refractivity contribution >= 4 is 5.91 Å². The lowest BCUT2D eigenvalue weighted by atomic mass is 10.0. The first-order valence-electron chi connectivity index (χ1n) is 5.65. The average molecular weight is 264 g/mol. The molecule has 0 aliphatic rings. The topological polar surface area (TPSA) is 75.4 Å². The number of hydrogen-bond donors (Lipinski definition) is 2. The number of carbonyl (C=O) groups excluding carboxylic acids is 1. The van der Waals surface area contributed by atoms with Crippen LogP contribution in [0.4, 0.5) is 4.39 Å². The molecule has 0 bridgehead atoms. The lowest BCUT2D eigenvalue weighted by Crippen LogP contribution is -2.38. The van der Waals surface area contributed by atoms with Gasteiger partial charge in [-0.05, 0) is 25.1 Å². The first kappa shape index (κ1) is 13.2. The van der Waals surface area contributed by atoms with Gasteiger partial charge in [-0.25, -0.2) is 4.98 Å². The van der Waals surface area contributed by atoms with E-state index >= 15 is 0 Å². The van der Waals surface area contributed by atoms with Crippen LogP contribution >= 0.6 is 0 Å². The molecule has 6 heteroatoms. The molecule has 0 fully saturated rings. The van der Waals surface area contributed by atoms with Gasteiger partial charge in [0.1, 0.15) is 11.4 Å². The van der Waals surface area contributed by atoms with E-state index in [1.54, 1.807) is 12.1 Å². The zero-order valence-electron chi connectivity index (χ0n) is 10.3. The smallest absolute Gasteiger partial charge is 0.251 e. The number of nitrogens with one attached hydrogen (secondary N) is 1. The molecule has 2 heterocycles. The number of aromatic nitrogens is 1. The fourth-order valence-corrected chi connectivity index (χ4v) is 1.57. The number of halogens is 1. The molecule has 1 unspecified atom stereocenters. The minimum absolute atomic E-state index is 0.0523. The Morgan fingerprint density at radius 3 is 3.00 bits per heavy atom. The van der Waals surface area contributed by atoms with Crippen molar-refractivity contribution in [1.82, 2.24) is 10.3 Å². The van der Waals surface area contributed by atoms with Gasteiger partial charge in [-0.1, -0.05) is 0 Å². The van der Waals surface area contributed by atoms with Crippen LogP contribution in [0.25, 0.3) is 0 Å². The summed E-state index contributed by atoms with van der Waals surface area (Å²) in [5.74, 6) is -0.882. The number of furan rings is 1. The van der Waals surface area contributed by atoms with Crippen LogP contribution in [-0.2, 0) is 5.60 Å². The summed E-state index contributed by atoms with van der Waals surface area (Å²) in [6.07, 6.45) is 2.64. The average Bonchev–Trinajstić information content (AvgIpc) is 2.90. The number of pyridine rings is 1. The molecule has 0 aromatic carbocycles. The molecule has 19 heavy (non-hydrogen) atoms. The van der Waals surface area contributed by atoms with Crippen LogP contribution in [0.2, 0.25) is 0 Å². The summed E-state index contributed by atoms with van der Waals surface area (Å²) in [5, 5.41) is 12.6. The molecule has 0 saturated heterocycles. The van der Waals surface area contributed by atoms with Crippen molar-refractivity contribution in [2.45, 2.75) is 12.5 Å². The first-order valence-corrected chi connectivity index (χ1v) is 5.65. The lowest BCUT2D eigenvalue weighted by Gasteiger charge is -2.21. The summed E-state index contributed by atoms with van der Waals surface area (Å²) in [4.78, 5) is 15.1. The molecule has 0 saturated carbocycles. The summed E-state index contributed by atoms with van der Waals surface area (Å²) in [5.41, 5.74) is -1.19. The van der Waals surface area contributed by atoms with Crippen molar-refractivity contribution in [3.8, 4) is 0 Å². The standard InChI is InChI=1S/C13H13FN2O3/c1-13(18,10-3-2-6-19-10)8-16-12(17)9-4-5-15-11(14)7-9/h2-7,18H,8H2,1H3,(H,16,17). The van der Waals surface area contributed by atoms with Gasteiger partial charge >= 0.3 is 0 Å². The molecule has 0 aliphatic carbocycles. The highest BCUT2D eigenvalue weighted by Crippen LogP contribution is 2.19. The highest BCUT2D eigenvalue weighted by Gasteiger charge is 2.26. The molecule has 0 spiro atoms. The Kier molecular flexibility index (Phi) is 3.62. The number of nitrogens with zero attached hydrogens (tertiary/aromatic N) is 1. The van der Waals surface area contributed by atoms with E-state index in [1.807, 2.05) is 0 Å². The van der Waals surface area contributed by atoms with Crippen LogP contribution in [0.5, 0.6) is 0 Å². The normalized spacial score (nSPS) is 13.8. The highest BCUT2D eigenvalue weighted by molar-refractivity contribution is 5.94. The van der Waals surface area contributed by atoms with E-state index in [2.05, 4.69) is 10.3 Å². The molecule has 2 N–H and O–H groups in total. The predicted octanol–water partition coefficient (Wildman–Crippen LogP) is 1.45. The lowest BCUT2D eigenvalue weighted by molar-refractivity contribution is 0.0330. The van der Waals surface area contributed by atoms with Gasteiger partial charge in [-0.15, -0.1) is 0 Å². The molecule has 2 aromatic heterocycles. The largest absolute Gasteiger partial charge is 0.466 e. The summed E-state index contributed by atoms with van der Waals surface area (Å²) >= 11 is 0. The Bertz CT molecular complexity index is 567. The Morgan fingerprint density at radius 1 is 1.58 bits per heavy atom. The van der Waals surface area contributed by atoms with Crippen molar-refractivity contribution in [1.29, 1.82) is 0 Å². The predicted molar refractivity (Wildman–Crippen MR) is 64.8 cm³/mol. The van der Waals surface area contributed by atoms with Crippen molar-refractivity contribution in [2.24, 2.45) is 0 Å². The van der Waals surface area contributed by atoms with Crippen molar-refractivity contribution in [3.05, 3.63) is 54.0 Å². The van der Waals surface area contributed by atoms with Gasteiger partial charge in [0.15, 0.2) is 0 Å². The van der Waals surface area contributed by atoms with Crippen molar-refractivity contribution in [3.63, 3.8) is 0 Å². The van der Waals surface area contributed by atoms with Gasteiger partial charge in [-0.2, -0.15) is 4.39 Å². The van der Waals surface area contributed by atoms with E-state index in [9.17, 15) is 14.3 Å². The van der Waals surface area contributed by atoms with Crippen LogP contribution in [0.3, 0.4) is 0 Å².